The number of nitrogens with zero attached hydrogens (tertiary/aromatic N) is 1. The van der Waals surface area contributed by atoms with E-state index in [0.29, 0.717) is 10.7 Å². The van der Waals surface area contributed by atoms with Gasteiger partial charge in [0.15, 0.2) is 6.29 Å². The zero-order valence-electron chi connectivity index (χ0n) is 10.6. The summed E-state index contributed by atoms with van der Waals surface area (Å²) in [6, 6.07) is 15.0. The fraction of sp³-hybridized carbons (Fsp3) is 0.0625. The molecule has 0 fully saturated rings. The first kappa shape index (κ1) is 12.9. The first-order valence-corrected chi connectivity index (χ1v) is 6.58. The van der Waals surface area contributed by atoms with Gasteiger partial charge in [-0.3, -0.25) is 9.36 Å². The summed E-state index contributed by atoms with van der Waals surface area (Å²) in [6.45, 7) is -0.0365. The molecule has 0 unspecified atom stereocenters. The normalized spacial score (nSPS) is 10.9. The quantitative estimate of drug-likeness (QED) is 0.747. The topological polar surface area (TPSA) is 42.2 Å². The number of aromatic nitrogens is 1. The minimum absolute atomic E-state index is 0.0365. The van der Waals surface area contributed by atoms with Gasteiger partial charge in [0.2, 0.25) is 0 Å². The Morgan fingerprint density at radius 1 is 1.15 bits per heavy atom. The lowest BCUT2D eigenvalue weighted by Crippen LogP contribution is -1.95. The van der Waals surface area contributed by atoms with Crippen LogP contribution in [0.3, 0.4) is 0 Å². The molecule has 3 rings (SSSR count). The lowest BCUT2D eigenvalue weighted by atomic mass is 10.2. The average Bonchev–Trinajstić information content (AvgIpc) is 2.78. The number of hydrogen-bond acceptors (Lipinski definition) is 2. The predicted molar refractivity (Wildman–Crippen MR) is 79.6 cm³/mol. The number of carbonyl (C=O) groups is 1. The number of aldehydes is 1. The zero-order chi connectivity index (χ0) is 14.1. The first-order chi connectivity index (χ1) is 9.76. The monoisotopic (exact) mass is 285 g/mol. The van der Waals surface area contributed by atoms with Gasteiger partial charge >= 0.3 is 0 Å². The van der Waals surface area contributed by atoms with Gasteiger partial charge in [0.05, 0.1) is 17.7 Å². The Labute approximate surface area is 121 Å². The minimum atomic E-state index is -0.0365. The molecule has 0 saturated carbocycles. The van der Waals surface area contributed by atoms with Crippen molar-refractivity contribution in [3.8, 4) is 5.69 Å². The van der Waals surface area contributed by atoms with E-state index in [9.17, 15) is 9.90 Å². The van der Waals surface area contributed by atoms with Gasteiger partial charge in [-0.25, -0.2) is 0 Å². The van der Waals surface area contributed by atoms with E-state index in [1.807, 2.05) is 53.1 Å². The molecule has 0 bridgehead atoms. The Morgan fingerprint density at radius 2 is 1.95 bits per heavy atom. The fourth-order valence-corrected chi connectivity index (χ4v) is 2.73. The van der Waals surface area contributed by atoms with Crippen LogP contribution in [0.4, 0.5) is 0 Å². The van der Waals surface area contributed by atoms with Crippen molar-refractivity contribution in [2.75, 3.05) is 0 Å². The van der Waals surface area contributed by atoms with Gasteiger partial charge in [-0.2, -0.15) is 0 Å². The number of carbonyl (C=O) groups excluding carboxylic acids is 1. The third-order valence-electron chi connectivity index (χ3n) is 3.32. The molecule has 0 radical (unpaired) electrons. The highest BCUT2D eigenvalue weighted by atomic mass is 35.5. The molecule has 0 spiro atoms. The van der Waals surface area contributed by atoms with Gasteiger partial charge in [-0.05, 0) is 23.8 Å². The number of fused-ring (bicyclic) bond motifs is 1. The summed E-state index contributed by atoms with van der Waals surface area (Å²) in [4.78, 5) is 11.3. The molecule has 4 heteroatoms. The summed E-state index contributed by atoms with van der Waals surface area (Å²) in [5.74, 6) is 0. The van der Waals surface area contributed by atoms with Crippen molar-refractivity contribution >= 4 is 28.8 Å². The highest BCUT2D eigenvalue weighted by Gasteiger charge is 2.15. The molecule has 1 heterocycles. The molecule has 2 aromatic carbocycles. The Kier molecular flexibility index (Phi) is 3.30. The van der Waals surface area contributed by atoms with E-state index in [2.05, 4.69) is 0 Å². The van der Waals surface area contributed by atoms with Gasteiger partial charge < -0.3 is 5.11 Å². The maximum atomic E-state index is 11.3. The molecule has 0 aliphatic heterocycles. The van der Waals surface area contributed by atoms with Crippen molar-refractivity contribution in [3.05, 3.63) is 64.8 Å². The Hall–Kier alpha value is -2.10. The van der Waals surface area contributed by atoms with E-state index in [1.165, 1.54) is 0 Å². The summed E-state index contributed by atoms with van der Waals surface area (Å²) in [7, 11) is 0. The van der Waals surface area contributed by atoms with E-state index < -0.39 is 0 Å². The number of rotatable bonds is 3. The highest BCUT2D eigenvalue weighted by molar-refractivity contribution is 6.34. The molecule has 100 valence electrons. The molecular weight excluding hydrogens is 274 g/mol. The van der Waals surface area contributed by atoms with Crippen molar-refractivity contribution in [3.63, 3.8) is 0 Å². The van der Waals surface area contributed by atoms with Crippen molar-refractivity contribution in [1.29, 1.82) is 0 Å². The van der Waals surface area contributed by atoms with E-state index in [1.54, 1.807) is 0 Å². The van der Waals surface area contributed by atoms with Gasteiger partial charge in [-0.15, -0.1) is 0 Å². The van der Waals surface area contributed by atoms with Gasteiger partial charge in [-0.1, -0.05) is 41.9 Å². The number of aliphatic hydroxyl groups excluding tert-OH is 1. The van der Waals surface area contributed by atoms with Crippen LogP contribution in [-0.4, -0.2) is 16.0 Å². The molecule has 0 atom stereocenters. The summed E-state index contributed by atoms with van der Waals surface area (Å²) >= 11 is 6.35. The van der Waals surface area contributed by atoms with Crippen molar-refractivity contribution < 1.29 is 9.90 Å². The molecule has 0 amide bonds. The molecule has 20 heavy (non-hydrogen) atoms. The van der Waals surface area contributed by atoms with Gasteiger partial charge in [0, 0.05) is 11.1 Å². The van der Waals surface area contributed by atoms with Crippen LogP contribution < -0.4 is 0 Å². The maximum Gasteiger partial charge on any atom is 0.153 e. The smallest absolute Gasteiger partial charge is 0.153 e. The molecule has 0 aliphatic carbocycles. The second-order valence-corrected chi connectivity index (χ2v) is 4.86. The molecule has 1 N–H and O–H groups in total. The van der Waals surface area contributed by atoms with Crippen molar-refractivity contribution in [2.45, 2.75) is 6.61 Å². The SMILES string of the molecule is O=Cc1c(Cl)n(-c2cccc(CO)c2)c2ccccc12. The highest BCUT2D eigenvalue weighted by Crippen LogP contribution is 2.32. The lowest BCUT2D eigenvalue weighted by molar-refractivity contribution is 0.112. The molecule has 3 nitrogen and oxygen atoms in total. The van der Waals surface area contributed by atoms with Crippen LogP contribution in [0.25, 0.3) is 16.6 Å². The second kappa shape index (κ2) is 5.12. The first-order valence-electron chi connectivity index (χ1n) is 6.20. The third kappa shape index (κ3) is 1.92. The largest absolute Gasteiger partial charge is 0.392 e. The lowest BCUT2D eigenvalue weighted by Gasteiger charge is -2.08. The summed E-state index contributed by atoms with van der Waals surface area (Å²) < 4.78 is 1.82. The van der Waals surface area contributed by atoms with Crippen molar-refractivity contribution in [1.82, 2.24) is 4.57 Å². The molecule has 0 saturated heterocycles. The van der Waals surface area contributed by atoms with Crippen LogP contribution in [0.15, 0.2) is 48.5 Å². The average molecular weight is 286 g/mol. The van der Waals surface area contributed by atoms with E-state index in [-0.39, 0.29) is 6.61 Å². The van der Waals surface area contributed by atoms with E-state index in [4.69, 9.17) is 11.6 Å². The van der Waals surface area contributed by atoms with Crippen LogP contribution in [0.5, 0.6) is 0 Å². The van der Waals surface area contributed by atoms with Crippen molar-refractivity contribution in [2.24, 2.45) is 0 Å². The van der Waals surface area contributed by atoms with Crippen LogP contribution >= 0.6 is 11.6 Å². The zero-order valence-corrected chi connectivity index (χ0v) is 11.3. The van der Waals surface area contributed by atoms with Gasteiger partial charge in [0.25, 0.3) is 0 Å². The number of benzene rings is 2. The second-order valence-electron chi connectivity index (χ2n) is 4.50. The fourth-order valence-electron chi connectivity index (χ4n) is 2.39. The van der Waals surface area contributed by atoms with Crippen LogP contribution in [0.2, 0.25) is 5.15 Å². The van der Waals surface area contributed by atoms with Crippen LogP contribution in [0.1, 0.15) is 15.9 Å². The maximum absolute atomic E-state index is 11.3. The molecular formula is C16H12ClNO2. The minimum Gasteiger partial charge on any atom is -0.392 e. The van der Waals surface area contributed by atoms with E-state index >= 15 is 0 Å². The Bertz CT molecular complexity index is 792. The van der Waals surface area contributed by atoms with E-state index in [0.717, 1.165) is 28.4 Å². The van der Waals surface area contributed by atoms with Crippen LogP contribution in [0, 0.1) is 0 Å². The summed E-state index contributed by atoms with van der Waals surface area (Å²) in [5, 5.41) is 10.5. The predicted octanol–water partition coefficient (Wildman–Crippen LogP) is 3.59. The Morgan fingerprint density at radius 3 is 2.70 bits per heavy atom. The number of aliphatic hydroxyl groups is 1. The third-order valence-corrected chi connectivity index (χ3v) is 3.70. The molecule has 3 aromatic rings. The molecule has 1 aromatic heterocycles. The summed E-state index contributed by atoms with van der Waals surface area (Å²) in [6.07, 6.45) is 0.775. The van der Waals surface area contributed by atoms with Crippen LogP contribution in [-0.2, 0) is 6.61 Å². The summed E-state index contributed by atoms with van der Waals surface area (Å²) in [5.41, 5.74) is 2.97. The Balaban J connectivity index is 2.35. The number of para-hydroxylation sites is 1. The van der Waals surface area contributed by atoms with Gasteiger partial charge in [0.1, 0.15) is 5.15 Å². The number of hydrogen-bond donors (Lipinski definition) is 1. The standard InChI is InChI=1S/C16H12ClNO2/c17-16-14(10-20)13-6-1-2-7-15(13)18(16)12-5-3-4-11(8-12)9-19/h1-8,10,19H,9H2. The number of halogens is 1. The molecule has 0 aliphatic rings.